The van der Waals surface area contributed by atoms with Gasteiger partial charge in [0.2, 0.25) is 0 Å². The third-order valence-electron chi connectivity index (χ3n) is 3.25. The van der Waals surface area contributed by atoms with E-state index < -0.39 is 21.7 Å². The first kappa shape index (κ1) is 17.5. The van der Waals surface area contributed by atoms with Gasteiger partial charge in [-0.2, -0.15) is 0 Å². The van der Waals surface area contributed by atoms with Gasteiger partial charge in [0, 0.05) is 6.54 Å². The van der Waals surface area contributed by atoms with Crippen LogP contribution in [0, 0.1) is 11.8 Å². The maximum Gasteiger partial charge on any atom is 0.308 e. The largest absolute Gasteiger partial charge is 0.481 e. The number of carboxylic acids is 1. The minimum Gasteiger partial charge on any atom is -0.481 e. The molecule has 21 heavy (non-hydrogen) atoms. The molecule has 6 heteroatoms. The highest BCUT2D eigenvalue weighted by atomic mass is 32.2. The zero-order valence-electron chi connectivity index (χ0n) is 12.7. The number of benzene rings is 1. The molecule has 0 amide bonds. The van der Waals surface area contributed by atoms with Crippen LogP contribution in [0.5, 0.6) is 0 Å². The molecule has 0 saturated carbocycles. The maximum absolute atomic E-state index is 12.0. The molecule has 118 valence electrons. The fourth-order valence-corrected chi connectivity index (χ4v) is 3.19. The van der Waals surface area contributed by atoms with Crippen LogP contribution in [-0.4, -0.2) is 31.8 Å². The molecule has 0 aliphatic heterocycles. The van der Waals surface area contributed by atoms with Crippen molar-refractivity contribution in [3.63, 3.8) is 0 Å². The first-order valence-electron chi connectivity index (χ1n) is 7.06. The minimum atomic E-state index is -3.33. The summed E-state index contributed by atoms with van der Waals surface area (Å²) in [6.07, 6.45) is 0.547. The molecule has 1 unspecified atom stereocenters. The molecule has 0 bridgehead atoms. The molecule has 0 radical (unpaired) electrons. The number of carbonyl (C=O) groups is 1. The van der Waals surface area contributed by atoms with Gasteiger partial charge in [-0.15, -0.1) is 0 Å². The normalized spacial score (nSPS) is 13.1. The van der Waals surface area contributed by atoms with Crippen molar-refractivity contribution in [2.45, 2.75) is 32.1 Å². The molecule has 0 fully saturated rings. The standard InChI is InChI=1S/C15H23NO4S/c1-4-21(19,20)14-8-6-5-7-13(14)16-10-12(15(17)18)9-11(2)3/h5-8,11-12,16H,4,9-10H2,1-3H3,(H,17,18). The first-order valence-corrected chi connectivity index (χ1v) is 8.71. The van der Waals surface area contributed by atoms with Crippen LogP contribution >= 0.6 is 0 Å². The second-order valence-corrected chi connectivity index (χ2v) is 7.69. The van der Waals surface area contributed by atoms with Crippen molar-refractivity contribution < 1.29 is 18.3 Å². The van der Waals surface area contributed by atoms with Crippen molar-refractivity contribution >= 4 is 21.5 Å². The zero-order chi connectivity index (χ0) is 16.0. The smallest absolute Gasteiger partial charge is 0.308 e. The molecule has 1 rings (SSSR count). The average Bonchev–Trinajstić information content (AvgIpc) is 2.43. The summed E-state index contributed by atoms with van der Waals surface area (Å²) in [5.74, 6) is -1.13. The van der Waals surface area contributed by atoms with Gasteiger partial charge < -0.3 is 10.4 Å². The fraction of sp³-hybridized carbons (Fsp3) is 0.533. The van der Waals surface area contributed by atoms with E-state index in [1.165, 1.54) is 0 Å². The first-order chi connectivity index (χ1) is 9.77. The van der Waals surface area contributed by atoms with Gasteiger partial charge in [-0.05, 0) is 24.5 Å². The Labute approximate surface area is 126 Å². The Hall–Kier alpha value is -1.56. The summed E-state index contributed by atoms with van der Waals surface area (Å²) in [5, 5.41) is 12.2. The van der Waals surface area contributed by atoms with E-state index in [0.29, 0.717) is 12.1 Å². The van der Waals surface area contributed by atoms with Crippen molar-refractivity contribution in [1.82, 2.24) is 0 Å². The van der Waals surface area contributed by atoms with Crippen LogP contribution in [-0.2, 0) is 14.6 Å². The Balaban J connectivity index is 2.91. The molecule has 2 N–H and O–H groups in total. The van der Waals surface area contributed by atoms with Crippen LogP contribution in [0.4, 0.5) is 5.69 Å². The molecular formula is C15H23NO4S. The van der Waals surface area contributed by atoms with Crippen molar-refractivity contribution in [1.29, 1.82) is 0 Å². The number of para-hydroxylation sites is 1. The molecule has 0 aliphatic carbocycles. The Morgan fingerprint density at radius 2 is 1.90 bits per heavy atom. The van der Waals surface area contributed by atoms with E-state index in [1.54, 1.807) is 31.2 Å². The van der Waals surface area contributed by atoms with Gasteiger partial charge >= 0.3 is 5.97 Å². The highest BCUT2D eigenvalue weighted by Crippen LogP contribution is 2.23. The number of hydrogen-bond acceptors (Lipinski definition) is 4. The van der Waals surface area contributed by atoms with Crippen molar-refractivity contribution in [2.24, 2.45) is 11.8 Å². The predicted molar refractivity (Wildman–Crippen MR) is 83.2 cm³/mol. The zero-order valence-corrected chi connectivity index (χ0v) is 13.5. The molecule has 5 nitrogen and oxygen atoms in total. The lowest BCUT2D eigenvalue weighted by atomic mass is 9.97. The van der Waals surface area contributed by atoms with Gasteiger partial charge in [0.1, 0.15) is 0 Å². The van der Waals surface area contributed by atoms with E-state index in [9.17, 15) is 18.3 Å². The van der Waals surface area contributed by atoms with Crippen molar-refractivity contribution in [2.75, 3.05) is 17.6 Å². The number of rotatable bonds is 8. The highest BCUT2D eigenvalue weighted by Gasteiger charge is 2.21. The molecule has 0 aliphatic rings. The summed E-state index contributed by atoms with van der Waals surface area (Å²) in [6, 6.07) is 6.60. The molecule has 0 heterocycles. The lowest BCUT2D eigenvalue weighted by Crippen LogP contribution is -2.25. The van der Waals surface area contributed by atoms with Crippen LogP contribution in [0.3, 0.4) is 0 Å². The second kappa shape index (κ2) is 7.45. The third-order valence-corrected chi connectivity index (χ3v) is 5.03. The summed E-state index contributed by atoms with van der Waals surface area (Å²) in [6.45, 7) is 5.73. The summed E-state index contributed by atoms with van der Waals surface area (Å²) < 4.78 is 24.0. The van der Waals surface area contributed by atoms with Crippen LogP contribution in [0.25, 0.3) is 0 Å². The number of sulfone groups is 1. The van der Waals surface area contributed by atoms with Crippen LogP contribution in [0.1, 0.15) is 27.2 Å². The number of hydrogen-bond donors (Lipinski definition) is 2. The van der Waals surface area contributed by atoms with Gasteiger partial charge in [0.15, 0.2) is 9.84 Å². The topological polar surface area (TPSA) is 83.5 Å². The molecule has 0 aromatic heterocycles. The quantitative estimate of drug-likeness (QED) is 0.771. The lowest BCUT2D eigenvalue weighted by Gasteiger charge is -2.17. The van der Waals surface area contributed by atoms with Gasteiger partial charge in [-0.1, -0.05) is 32.9 Å². The van der Waals surface area contributed by atoms with Crippen LogP contribution < -0.4 is 5.32 Å². The van der Waals surface area contributed by atoms with E-state index in [4.69, 9.17) is 0 Å². The lowest BCUT2D eigenvalue weighted by molar-refractivity contribution is -0.141. The molecule has 1 atom stereocenters. The van der Waals surface area contributed by atoms with E-state index >= 15 is 0 Å². The third kappa shape index (κ3) is 5.04. The monoisotopic (exact) mass is 313 g/mol. The van der Waals surface area contributed by atoms with Crippen molar-refractivity contribution in [3.8, 4) is 0 Å². The van der Waals surface area contributed by atoms with Crippen LogP contribution in [0.2, 0.25) is 0 Å². The van der Waals surface area contributed by atoms with Crippen molar-refractivity contribution in [3.05, 3.63) is 24.3 Å². The Bertz CT molecular complexity index is 581. The fourth-order valence-electron chi connectivity index (χ4n) is 2.11. The molecular weight excluding hydrogens is 290 g/mol. The number of nitrogens with one attached hydrogen (secondary N) is 1. The number of carboxylic acid groups (broad SMARTS) is 1. The molecule has 0 spiro atoms. The maximum atomic E-state index is 12.0. The summed E-state index contributed by atoms with van der Waals surface area (Å²) in [7, 11) is -3.33. The van der Waals surface area contributed by atoms with Gasteiger partial charge in [0.05, 0.1) is 22.3 Å². The minimum absolute atomic E-state index is 0.0139. The predicted octanol–water partition coefficient (Wildman–Crippen LogP) is 2.64. The Morgan fingerprint density at radius 3 is 2.43 bits per heavy atom. The van der Waals surface area contributed by atoms with E-state index in [0.717, 1.165) is 0 Å². The van der Waals surface area contributed by atoms with Crippen LogP contribution in [0.15, 0.2) is 29.2 Å². The highest BCUT2D eigenvalue weighted by molar-refractivity contribution is 7.91. The van der Waals surface area contributed by atoms with E-state index in [1.807, 2.05) is 13.8 Å². The average molecular weight is 313 g/mol. The second-order valence-electron chi connectivity index (χ2n) is 5.45. The van der Waals surface area contributed by atoms with Gasteiger partial charge in [0.25, 0.3) is 0 Å². The Morgan fingerprint density at radius 1 is 1.29 bits per heavy atom. The van der Waals surface area contributed by atoms with E-state index in [-0.39, 0.29) is 23.1 Å². The van der Waals surface area contributed by atoms with Gasteiger partial charge in [-0.3, -0.25) is 4.79 Å². The Kier molecular flexibility index (Phi) is 6.20. The van der Waals surface area contributed by atoms with E-state index in [2.05, 4.69) is 5.32 Å². The molecule has 1 aromatic rings. The SMILES string of the molecule is CCS(=O)(=O)c1ccccc1NCC(CC(C)C)C(=O)O. The summed E-state index contributed by atoms with van der Waals surface area (Å²) in [4.78, 5) is 11.5. The number of aliphatic carboxylic acids is 1. The molecule has 1 aromatic carbocycles. The molecule has 0 saturated heterocycles. The van der Waals surface area contributed by atoms with Gasteiger partial charge in [-0.25, -0.2) is 8.42 Å². The number of anilines is 1. The summed E-state index contributed by atoms with van der Waals surface area (Å²) in [5.41, 5.74) is 0.467. The summed E-state index contributed by atoms with van der Waals surface area (Å²) >= 11 is 0.